The van der Waals surface area contributed by atoms with Crippen molar-refractivity contribution in [1.29, 1.82) is 0 Å². The smallest absolute Gasteiger partial charge is 0.262 e. The van der Waals surface area contributed by atoms with Crippen molar-refractivity contribution in [2.24, 2.45) is 0 Å². The number of amides is 1. The normalized spacial score (nSPS) is 11.2. The summed E-state index contributed by atoms with van der Waals surface area (Å²) in [5.74, 6) is -0.379. The van der Waals surface area contributed by atoms with Crippen molar-refractivity contribution in [1.82, 2.24) is 0 Å². The minimum absolute atomic E-state index is 0.0696. The van der Waals surface area contributed by atoms with E-state index in [1.165, 1.54) is 6.07 Å². The summed E-state index contributed by atoms with van der Waals surface area (Å²) < 4.78 is 29.4. The molecule has 3 rings (SSSR count). The quantitative estimate of drug-likeness (QED) is 0.519. The van der Waals surface area contributed by atoms with Crippen molar-refractivity contribution in [2.75, 3.05) is 10.0 Å². The molecule has 0 radical (unpaired) electrons. The standard InChI is InChI=1S/C22H21BrN2O3S/c1-14-10-15(2)12-20(11-14)25-29(27,28)21-13-17(5-4-16(21)3)22(26)24-19-8-6-18(23)7-9-19/h4-13,25H,1-3H3,(H,24,26). The van der Waals surface area contributed by atoms with Crippen LogP contribution in [0, 0.1) is 20.8 Å². The van der Waals surface area contributed by atoms with Gasteiger partial charge in [0, 0.05) is 21.4 Å². The molecule has 3 aromatic rings. The molecular weight excluding hydrogens is 452 g/mol. The van der Waals surface area contributed by atoms with Crippen LogP contribution in [0.25, 0.3) is 0 Å². The Morgan fingerprint density at radius 2 is 1.45 bits per heavy atom. The summed E-state index contributed by atoms with van der Waals surface area (Å²) in [5, 5.41) is 2.77. The number of nitrogens with one attached hydrogen (secondary N) is 2. The number of carbonyl (C=O) groups excluding carboxylic acids is 1. The third kappa shape index (κ3) is 5.25. The van der Waals surface area contributed by atoms with Crippen LogP contribution in [-0.2, 0) is 10.0 Å². The van der Waals surface area contributed by atoms with Gasteiger partial charge in [0.1, 0.15) is 0 Å². The Balaban J connectivity index is 1.89. The molecule has 2 N–H and O–H groups in total. The largest absolute Gasteiger partial charge is 0.322 e. The van der Waals surface area contributed by atoms with E-state index in [-0.39, 0.29) is 16.4 Å². The fourth-order valence-corrected chi connectivity index (χ4v) is 4.59. The van der Waals surface area contributed by atoms with Crippen LogP contribution in [0.3, 0.4) is 0 Å². The first-order chi connectivity index (χ1) is 13.6. The number of aryl methyl sites for hydroxylation is 3. The van der Waals surface area contributed by atoms with E-state index in [1.807, 2.05) is 32.0 Å². The number of halogens is 1. The molecule has 0 aliphatic heterocycles. The fraction of sp³-hybridized carbons (Fsp3) is 0.136. The molecule has 1 amide bonds. The molecule has 0 saturated carbocycles. The molecule has 0 heterocycles. The summed E-state index contributed by atoms with van der Waals surface area (Å²) >= 11 is 3.35. The average Bonchev–Trinajstić information content (AvgIpc) is 2.62. The summed E-state index contributed by atoms with van der Waals surface area (Å²) in [6.45, 7) is 5.51. The molecule has 29 heavy (non-hydrogen) atoms. The number of rotatable bonds is 5. The molecule has 0 fully saturated rings. The second kappa shape index (κ2) is 8.39. The second-order valence-electron chi connectivity index (χ2n) is 6.92. The minimum atomic E-state index is -3.85. The van der Waals surface area contributed by atoms with Gasteiger partial charge in [0.25, 0.3) is 15.9 Å². The molecule has 150 valence electrons. The van der Waals surface area contributed by atoms with Crippen molar-refractivity contribution in [2.45, 2.75) is 25.7 Å². The number of benzene rings is 3. The van der Waals surface area contributed by atoms with Crippen LogP contribution < -0.4 is 10.0 Å². The fourth-order valence-electron chi connectivity index (χ4n) is 3.01. The van der Waals surface area contributed by atoms with Gasteiger partial charge in [-0.25, -0.2) is 8.42 Å². The Bertz CT molecular complexity index is 1150. The predicted molar refractivity (Wildman–Crippen MR) is 120 cm³/mol. The molecule has 3 aromatic carbocycles. The van der Waals surface area contributed by atoms with Gasteiger partial charge in [-0.05, 0) is 86.0 Å². The molecule has 0 aliphatic rings. The topological polar surface area (TPSA) is 75.3 Å². The van der Waals surface area contributed by atoms with Gasteiger partial charge in [0.15, 0.2) is 0 Å². The van der Waals surface area contributed by atoms with E-state index in [9.17, 15) is 13.2 Å². The van der Waals surface area contributed by atoms with Gasteiger partial charge in [-0.3, -0.25) is 9.52 Å². The number of anilines is 2. The highest BCUT2D eigenvalue weighted by Gasteiger charge is 2.20. The molecule has 0 atom stereocenters. The van der Waals surface area contributed by atoms with Crippen LogP contribution >= 0.6 is 15.9 Å². The van der Waals surface area contributed by atoms with Crippen molar-refractivity contribution >= 4 is 43.2 Å². The Hall–Kier alpha value is -2.64. The molecule has 0 spiro atoms. The van der Waals surface area contributed by atoms with E-state index < -0.39 is 10.0 Å². The third-order valence-electron chi connectivity index (χ3n) is 4.32. The second-order valence-corrected chi connectivity index (χ2v) is 9.49. The van der Waals surface area contributed by atoms with Gasteiger partial charge in [-0.1, -0.05) is 28.1 Å². The Morgan fingerprint density at radius 3 is 2.07 bits per heavy atom. The molecule has 5 nitrogen and oxygen atoms in total. The number of hydrogen-bond donors (Lipinski definition) is 2. The van der Waals surface area contributed by atoms with Crippen LogP contribution in [-0.4, -0.2) is 14.3 Å². The van der Waals surface area contributed by atoms with Gasteiger partial charge < -0.3 is 5.32 Å². The number of sulfonamides is 1. The summed E-state index contributed by atoms with van der Waals surface area (Å²) in [4.78, 5) is 12.7. The van der Waals surface area contributed by atoms with Crippen LogP contribution in [0.1, 0.15) is 27.0 Å². The van der Waals surface area contributed by atoms with E-state index in [0.29, 0.717) is 16.9 Å². The SMILES string of the molecule is Cc1cc(C)cc(NS(=O)(=O)c2cc(C(=O)Nc3ccc(Br)cc3)ccc2C)c1. The summed E-state index contributed by atoms with van der Waals surface area (Å²) in [7, 11) is -3.85. The van der Waals surface area contributed by atoms with Crippen molar-refractivity contribution in [3.63, 3.8) is 0 Å². The maximum Gasteiger partial charge on any atom is 0.262 e. The summed E-state index contributed by atoms with van der Waals surface area (Å²) in [5.41, 5.74) is 3.86. The first-order valence-corrected chi connectivity index (χ1v) is 11.2. The molecule has 0 bridgehead atoms. The maximum atomic E-state index is 13.0. The molecule has 0 aromatic heterocycles. The van der Waals surface area contributed by atoms with E-state index in [2.05, 4.69) is 26.0 Å². The molecular formula is C22H21BrN2O3S. The molecule has 0 aliphatic carbocycles. The predicted octanol–water partition coefficient (Wildman–Crippen LogP) is 5.43. The number of hydrogen-bond acceptors (Lipinski definition) is 3. The van der Waals surface area contributed by atoms with Gasteiger partial charge in [0.05, 0.1) is 4.90 Å². The number of carbonyl (C=O) groups is 1. The highest BCUT2D eigenvalue weighted by atomic mass is 79.9. The lowest BCUT2D eigenvalue weighted by atomic mass is 10.1. The minimum Gasteiger partial charge on any atom is -0.322 e. The van der Waals surface area contributed by atoms with E-state index in [0.717, 1.165) is 15.6 Å². The lowest BCUT2D eigenvalue weighted by Crippen LogP contribution is -2.17. The molecule has 0 saturated heterocycles. The van der Waals surface area contributed by atoms with E-state index >= 15 is 0 Å². The molecule has 0 unspecified atom stereocenters. The van der Waals surface area contributed by atoms with Crippen molar-refractivity contribution in [3.05, 3.63) is 87.4 Å². The van der Waals surface area contributed by atoms with Crippen LogP contribution in [0.5, 0.6) is 0 Å². The van der Waals surface area contributed by atoms with Crippen molar-refractivity contribution in [3.8, 4) is 0 Å². The van der Waals surface area contributed by atoms with E-state index in [1.54, 1.807) is 43.3 Å². The van der Waals surface area contributed by atoms with Gasteiger partial charge in [-0.2, -0.15) is 0 Å². The van der Waals surface area contributed by atoms with Gasteiger partial charge in [-0.15, -0.1) is 0 Å². The van der Waals surface area contributed by atoms with Crippen molar-refractivity contribution < 1.29 is 13.2 Å². The zero-order valence-electron chi connectivity index (χ0n) is 16.3. The Labute approximate surface area is 179 Å². The Kier molecular flexibility index (Phi) is 6.10. The van der Waals surface area contributed by atoms with E-state index in [4.69, 9.17) is 0 Å². The van der Waals surface area contributed by atoms with Gasteiger partial charge >= 0.3 is 0 Å². The zero-order valence-corrected chi connectivity index (χ0v) is 18.7. The Morgan fingerprint density at radius 1 is 0.828 bits per heavy atom. The van der Waals surface area contributed by atoms with Crippen LogP contribution in [0.15, 0.2) is 70.0 Å². The van der Waals surface area contributed by atoms with Crippen LogP contribution in [0.4, 0.5) is 11.4 Å². The lowest BCUT2D eigenvalue weighted by Gasteiger charge is -2.13. The highest BCUT2D eigenvalue weighted by molar-refractivity contribution is 9.10. The maximum absolute atomic E-state index is 13.0. The zero-order chi connectivity index (χ0) is 21.2. The first-order valence-electron chi connectivity index (χ1n) is 8.93. The first kappa shape index (κ1) is 21.1. The molecule has 7 heteroatoms. The third-order valence-corrected chi connectivity index (χ3v) is 6.37. The summed E-state index contributed by atoms with van der Waals surface area (Å²) in [6, 6.07) is 17.3. The average molecular weight is 473 g/mol. The summed E-state index contributed by atoms with van der Waals surface area (Å²) in [6.07, 6.45) is 0. The van der Waals surface area contributed by atoms with Crippen LogP contribution in [0.2, 0.25) is 0 Å². The monoisotopic (exact) mass is 472 g/mol. The lowest BCUT2D eigenvalue weighted by molar-refractivity contribution is 0.102. The van der Waals surface area contributed by atoms with Gasteiger partial charge in [0.2, 0.25) is 0 Å². The highest BCUT2D eigenvalue weighted by Crippen LogP contribution is 2.23.